The Morgan fingerprint density at radius 2 is 1.72 bits per heavy atom. The average Bonchev–Trinajstić information content (AvgIpc) is 2.91. The number of hydrogen-bond donors (Lipinski definition) is 0. The Hall–Kier alpha value is -1.48. The Morgan fingerprint density at radius 1 is 1.03 bits per heavy atom. The standard InChI is InChI=1S/C20H12Br3ClFNO3/c21-16-17(22)20(23)26(24)18(16)19(28)13-10-12(25)7-8-14(13)29-15(27)9-6-11-4-2-1-3-5-11/h1-5,7-8,10H,6,9H2. The molecule has 1 aromatic heterocycles. The van der Waals surface area contributed by atoms with Crippen LogP contribution in [-0.4, -0.2) is 15.8 Å². The van der Waals surface area contributed by atoms with Crippen LogP contribution in [0.3, 0.4) is 0 Å². The largest absolute Gasteiger partial charge is 0.426 e. The number of aromatic nitrogens is 1. The van der Waals surface area contributed by atoms with Crippen molar-refractivity contribution >= 4 is 71.3 Å². The number of benzene rings is 2. The summed E-state index contributed by atoms with van der Waals surface area (Å²) in [4.78, 5) is 25.3. The van der Waals surface area contributed by atoms with Crippen LogP contribution in [0.5, 0.6) is 5.75 Å². The van der Waals surface area contributed by atoms with Gasteiger partial charge in [0.05, 0.1) is 14.5 Å². The number of carbonyl (C=O) groups is 2. The lowest BCUT2D eigenvalue weighted by Gasteiger charge is -2.10. The molecule has 0 saturated heterocycles. The molecule has 0 unspecified atom stereocenters. The van der Waals surface area contributed by atoms with Crippen LogP contribution in [0, 0.1) is 5.82 Å². The molecule has 0 bridgehead atoms. The first-order chi connectivity index (χ1) is 13.8. The number of ketones is 1. The van der Waals surface area contributed by atoms with E-state index in [1.165, 1.54) is 6.07 Å². The minimum absolute atomic E-state index is 0.0357. The molecular formula is C20H12Br3ClFNO3. The predicted molar refractivity (Wildman–Crippen MR) is 119 cm³/mol. The monoisotopic (exact) mass is 605 g/mol. The zero-order valence-corrected chi connectivity index (χ0v) is 20.1. The molecule has 0 saturated carbocycles. The molecule has 1 heterocycles. The second-order valence-corrected chi connectivity index (χ2v) is 8.65. The van der Waals surface area contributed by atoms with Gasteiger partial charge in [-0.1, -0.05) is 30.3 Å². The lowest BCUT2D eigenvalue weighted by Crippen LogP contribution is -2.14. The zero-order valence-electron chi connectivity index (χ0n) is 14.6. The molecule has 0 aliphatic carbocycles. The van der Waals surface area contributed by atoms with E-state index in [-0.39, 0.29) is 23.4 Å². The van der Waals surface area contributed by atoms with E-state index in [2.05, 4.69) is 47.8 Å². The first kappa shape index (κ1) is 22.2. The van der Waals surface area contributed by atoms with Crippen molar-refractivity contribution in [3.63, 3.8) is 0 Å². The fourth-order valence-electron chi connectivity index (χ4n) is 2.61. The van der Waals surface area contributed by atoms with Gasteiger partial charge in [0.15, 0.2) is 0 Å². The summed E-state index contributed by atoms with van der Waals surface area (Å²) >= 11 is 16.0. The highest BCUT2D eigenvalue weighted by Gasteiger charge is 2.27. The van der Waals surface area contributed by atoms with E-state index < -0.39 is 17.6 Å². The maximum atomic E-state index is 13.9. The minimum atomic E-state index is -0.639. The third-order valence-electron chi connectivity index (χ3n) is 4.04. The number of nitrogens with zero attached hydrogens (tertiary/aromatic N) is 1. The summed E-state index contributed by atoms with van der Waals surface area (Å²) in [5, 5.41) is 0. The van der Waals surface area contributed by atoms with E-state index in [9.17, 15) is 14.0 Å². The summed E-state index contributed by atoms with van der Waals surface area (Å²) in [5.74, 6) is -1.81. The summed E-state index contributed by atoms with van der Waals surface area (Å²) < 4.78 is 21.6. The van der Waals surface area contributed by atoms with E-state index in [1.54, 1.807) is 0 Å². The van der Waals surface area contributed by atoms with Gasteiger partial charge in [0.1, 0.15) is 21.9 Å². The maximum Gasteiger partial charge on any atom is 0.311 e. The molecule has 4 nitrogen and oxygen atoms in total. The van der Waals surface area contributed by atoms with E-state index in [4.69, 9.17) is 16.5 Å². The van der Waals surface area contributed by atoms with Gasteiger partial charge >= 0.3 is 5.97 Å². The molecule has 0 aliphatic heterocycles. The molecule has 3 aromatic rings. The number of hydrogen-bond acceptors (Lipinski definition) is 3. The van der Waals surface area contributed by atoms with E-state index >= 15 is 0 Å². The van der Waals surface area contributed by atoms with Crippen molar-refractivity contribution in [1.29, 1.82) is 0 Å². The van der Waals surface area contributed by atoms with Gasteiger partial charge in [-0.2, -0.15) is 0 Å². The second kappa shape index (κ2) is 9.55. The first-order valence-electron chi connectivity index (χ1n) is 8.29. The highest BCUT2D eigenvalue weighted by Crippen LogP contribution is 2.39. The van der Waals surface area contributed by atoms with Crippen molar-refractivity contribution in [3.8, 4) is 5.75 Å². The van der Waals surface area contributed by atoms with Gasteiger partial charge in [0, 0.05) is 18.2 Å². The Morgan fingerprint density at radius 3 is 2.34 bits per heavy atom. The van der Waals surface area contributed by atoms with E-state index in [1.807, 2.05) is 30.3 Å². The lowest BCUT2D eigenvalue weighted by molar-refractivity contribution is -0.134. The van der Waals surface area contributed by atoms with Crippen LogP contribution in [-0.2, 0) is 11.2 Å². The number of carbonyl (C=O) groups excluding carboxylic acids is 2. The van der Waals surface area contributed by atoms with Crippen LogP contribution in [0.2, 0.25) is 0 Å². The number of halogens is 5. The normalized spacial score (nSPS) is 10.8. The summed E-state index contributed by atoms with van der Waals surface area (Å²) in [6.45, 7) is 0. The van der Waals surface area contributed by atoms with E-state index in [0.717, 1.165) is 21.8 Å². The first-order valence-corrected chi connectivity index (χ1v) is 11.0. The summed E-state index contributed by atoms with van der Waals surface area (Å²) in [5.41, 5.74) is 0.925. The van der Waals surface area contributed by atoms with Crippen LogP contribution in [0.4, 0.5) is 4.39 Å². The average molecular weight is 608 g/mol. The molecule has 2 aromatic carbocycles. The quantitative estimate of drug-likeness (QED) is 0.178. The van der Waals surface area contributed by atoms with Gasteiger partial charge in [0.25, 0.3) is 0 Å². The van der Waals surface area contributed by atoms with Gasteiger partial charge in [-0.3, -0.25) is 9.59 Å². The molecule has 3 rings (SSSR count). The van der Waals surface area contributed by atoms with Crippen molar-refractivity contribution in [2.45, 2.75) is 12.8 Å². The highest BCUT2D eigenvalue weighted by atomic mass is 79.9. The molecule has 150 valence electrons. The SMILES string of the molecule is O=C(CCc1ccccc1)Oc1ccc(F)cc1C(=O)c1c(Br)c(Br)c(Br)n1Cl. The Labute approximate surface area is 196 Å². The maximum absolute atomic E-state index is 13.9. The number of aryl methyl sites for hydroxylation is 1. The van der Waals surface area contributed by atoms with Gasteiger partial charge in [-0.25, -0.2) is 8.48 Å². The predicted octanol–water partition coefficient (Wildman–Crippen LogP) is 6.69. The van der Waals surface area contributed by atoms with Crippen molar-refractivity contribution in [3.05, 3.63) is 84.7 Å². The van der Waals surface area contributed by atoms with Crippen molar-refractivity contribution in [2.24, 2.45) is 0 Å². The summed E-state index contributed by atoms with van der Waals surface area (Å²) in [6, 6.07) is 12.9. The second-order valence-electron chi connectivity index (χ2n) is 5.98. The Bertz CT molecular complexity index is 1060. The number of ether oxygens (including phenoxy) is 1. The fourth-order valence-corrected chi connectivity index (χ4v) is 4.62. The lowest BCUT2D eigenvalue weighted by atomic mass is 10.1. The fraction of sp³-hybridized carbons (Fsp3) is 0.100. The summed E-state index contributed by atoms with van der Waals surface area (Å²) in [7, 11) is 0. The molecule has 0 fully saturated rings. The third kappa shape index (κ3) is 4.99. The van der Waals surface area contributed by atoms with Gasteiger partial charge in [-0.15, -0.1) is 0 Å². The van der Waals surface area contributed by atoms with Crippen LogP contribution >= 0.6 is 59.6 Å². The van der Waals surface area contributed by atoms with Crippen molar-refractivity contribution < 1.29 is 18.7 Å². The molecule has 9 heteroatoms. The molecular weight excluding hydrogens is 596 g/mol. The molecule has 0 spiro atoms. The topological polar surface area (TPSA) is 48.3 Å². The molecule has 0 aliphatic rings. The van der Waals surface area contributed by atoms with Crippen LogP contribution in [0.15, 0.2) is 62.1 Å². The molecule has 0 atom stereocenters. The summed E-state index contributed by atoms with van der Waals surface area (Å²) in [6.07, 6.45) is 0.599. The Kier molecular flexibility index (Phi) is 7.32. The van der Waals surface area contributed by atoms with Crippen LogP contribution in [0.25, 0.3) is 0 Å². The van der Waals surface area contributed by atoms with Crippen LogP contribution < -0.4 is 4.74 Å². The molecule has 0 amide bonds. The minimum Gasteiger partial charge on any atom is -0.426 e. The van der Waals surface area contributed by atoms with E-state index in [0.29, 0.717) is 20.0 Å². The van der Waals surface area contributed by atoms with Gasteiger partial charge in [-0.05, 0) is 78.0 Å². The smallest absolute Gasteiger partial charge is 0.311 e. The van der Waals surface area contributed by atoms with Crippen LogP contribution in [0.1, 0.15) is 28.0 Å². The number of esters is 1. The third-order valence-corrected chi connectivity index (χ3v) is 7.94. The number of rotatable bonds is 6. The van der Waals surface area contributed by atoms with Gasteiger partial charge < -0.3 is 4.74 Å². The van der Waals surface area contributed by atoms with Crippen molar-refractivity contribution in [1.82, 2.24) is 4.09 Å². The highest BCUT2D eigenvalue weighted by molar-refractivity contribution is 9.14. The zero-order chi connectivity index (χ0) is 21.1. The molecule has 0 radical (unpaired) electrons. The Balaban J connectivity index is 1.86. The van der Waals surface area contributed by atoms with Crippen molar-refractivity contribution in [2.75, 3.05) is 0 Å². The molecule has 29 heavy (non-hydrogen) atoms. The molecule has 0 N–H and O–H groups in total. The van der Waals surface area contributed by atoms with Gasteiger partial charge in [0.2, 0.25) is 5.78 Å².